The van der Waals surface area contributed by atoms with E-state index in [-0.39, 0.29) is 0 Å². The molecule has 0 atom stereocenters. The summed E-state index contributed by atoms with van der Waals surface area (Å²) >= 11 is 0. The fourth-order valence-electron chi connectivity index (χ4n) is 2.83. The Kier molecular flexibility index (Phi) is 4.10. The van der Waals surface area contributed by atoms with Crippen molar-refractivity contribution in [1.29, 1.82) is 0 Å². The lowest BCUT2D eigenvalue weighted by molar-refractivity contribution is 0.135. The molecule has 0 aliphatic carbocycles. The second-order valence-corrected chi connectivity index (χ2v) is 6.11. The van der Waals surface area contributed by atoms with Crippen molar-refractivity contribution in [1.82, 2.24) is 29.5 Å². The molecule has 1 aliphatic heterocycles. The van der Waals surface area contributed by atoms with Crippen LogP contribution in [0.15, 0.2) is 47.5 Å². The molecule has 4 rings (SSSR count). The van der Waals surface area contributed by atoms with Crippen LogP contribution >= 0.6 is 0 Å². The van der Waals surface area contributed by atoms with Crippen LogP contribution in [0.5, 0.6) is 0 Å². The van der Waals surface area contributed by atoms with E-state index in [1.54, 1.807) is 12.5 Å². The van der Waals surface area contributed by atoms with Gasteiger partial charge in [-0.2, -0.15) is 4.98 Å². The van der Waals surface area contributed by atoms with E-state index in [9.17, 15) is 0 Å². The van der Waals surface area contributed by atoms with Crippen LogP contribution in [-0.2, 0) is 6.54 Å². The fraction of sp³-hybridized carbons (Fsp3) is 0.353. The van der Waals surface area contributed by atoms with Crippen molar-refractivity contribution in [3.63, 3.8) is 0 Å². The van der Waals surface area contributed by atoms with Gasteiger partial charge >= 0.3 is 0 Å². The predicted molar refractivity (Wildman–Crippen MR) is 89.6 cm³/mol. The molecule has 0 saturated carbocycles. The summed E-state index contributed by atoms with van der Waals surface area (Å²) in [4.78, 5) is 13.3. The first-order valence-electron chi connectivity index (χ1n) is 8.10. The summed E-state index contributed by atoms with van der Waals surface area (Å²) in [6.45, 7) is 4.95. The minimum Gasteiger partial charge on any atom is -0.338 e. The van der Waals surface area contributed by atoms with E-state index in [1.807, 2.05) is 35.0 Å². The first kappa shape index (κ1) is 15.0. The van der Waals surface area contributed by atoms with E-state index in [2.05, 4.69) is 32.0 Å². The molecule has 24 heavy (non-hydrogen) atoms. The van der Waals surface area contributed by atoms with Gasteiger partial charge in [-0.15, -0.1) is 0 Å². The molecule has 7 nitrogen and oxygen atoms in total. The van der Waals surface area contributed by atoms with Crippen molar-refractivity contribution in [2.45, 2.75) is 6.54 Å². The van der Waals surface area contributed by atoms with Gasteiger partial charge in [-0.25, -0.2) is 4.98 Å². The number of imidazole rings is 1. The lowest BCUT2D eigenvalue weighted by Crippen LogP contribution is -2.43. The van der Waals surface area contributed by atoms with Gasteiger partial charge in [0.2, 0.25) is 11.7 Å². The van der Waals surface area contributed by atoms with Gasteiger partial charge in [-0.1, -0.05) is 5.16 Å². The largest absolute Gasteiger partial charge is 0.338 e. The molecule has 0 amide bonds. The molecule has 1 aliphatic rings. The van der Waals surface area contributed by atoms with Crippen LogP contribution in [0.3, 0.4) is 0 Å². The lowest BCUT2D eigenvalue weighted by atomic mass is 10.2. The number of likely N-dealkylation sites (N-methyl/N-ethyl adjacent to an activating group) is 1. The van der Waals surface area contributed by atoms with E-state index < -0.39 is 0 Å². The van der Waals surface area contributed by atoms with Crippen molar-refractivity contribution in [3.05, 3.63) is 48.9 Å². The monoisotopic (exact) mass is 324 g/mol. The third-order valence-corrected chi connectivity index (χ3v) is 4.35. The zero-order chi connectivity index (χ0) is 16.4. The van der Waals surface area contributed by atoms with Crippen LogP contribution in [0.1, 0.15) is 5.89 Å². The van der Waals surface area contributed by atoms with E-state index in [1.165, 1.54) is 0 Å². The summed E-state index contributed by atoms with van der Waals surface area (Å²) in [6.07, 6.45) is 5.45. The molecule has 0 radical (unpaired) electrons. The first-order chi connectivity index (χ1) is 11.8. The average Bonchev–Trinajstić information content (AvgIpc) is 3.29. The molecule has 0 spiro atoms. The van der Waals surface area contributed by atoms with Crippen LogP contribution in [0, 0.1) is 0 Å². The summed E-state index contributed by atoms with van der Waals surface area (Å²) in [6, 6.07) is 8.04. The van der Waals surface area contributed by atoms with Gasteiger partial charge in [-0.3, -0.25) is 4.90 Å². The Morgan fingerprint density at radius 2 is 1.88 bits per heavy atom. The topological polar surface area (TPSA) is 63.2 Å². The lowest BCUT2D eigenvalue weighted by Gasteiger charge is -2.31. The van der Waals surface area contributed by atoms with Gasteiger partial charge in [-0.05, 0) is 31.3 Å². The van der Waals surface area contributed by atoms with Gasteiger partial charge in [0.1, 0.15) is 0 Å². The Balaban J connectivity index is 1.44. The molecule has 124 valence electrons. The standard InChI is InChI=1S/C17H20N6O/c1-21-8-10-22(11-9-21)12-16-19-17(20-24-16)14-2-4-15(5-3-14)23-7-6-18-13-23/h2-7,13H,8-12H2,1H3. The SMILES string of the molecule is CN1CCN(Cc2nc(-c3ccc(-n4ccnc4)cc3)no2)CC1. The third-order valence-electron chi connectivity index (χ3n) is 4.35. The highest BCUT2D eigenvalue weighted by Gasteiger charge is 2.17. The number of benzene rings is 1. The van der Waals surface area contributed by atoms with Gasteiger partial charge in [0, 0.05) is 49.8 Å². The predicted octanol–water partition coefficient (Wildman–Crippen LogP) is 1.67. The van der Waals surface area contributed by atoms with Crippen molar-refractivity contribution in [2.75, 3.05) is 33.2 Å². The van der Waals surface area contributed by atoms with Crippen molar-refractivity contribution in [3.8, 4) is 17.1 Å². The quantitative estimate of drug-likeness (QED) is 0.727. The number of piperazine rings is 1. The number of hydrogen-bond donors (Lipinski definition) is 0. The van der Waals surface area contributed by atoms with Crippen molar-refractivity contribution in [2.24, 2.45) is 0 Å². The number of nitrogens with zero attached hydrogens (tertiary/aromatic N) is 6. The summed E-state index contributed by atoms with van der Waals surface area (Å²) < 4.78 is 7.38. The molecule has 7 heteroatoms. The summed E-state index contributed by atoms with van der Waals surface area (Å²) in [5, 5.41) is 4.12. The van der Waals surface area contributed by atoms with E-state index in [0.29, 0.717) is 18.3 Å². The maximum atomic E-state index is 5.42. The highest BCUT2D eigenvalue weighted by Crippen LogP contribution is 2.19. The number of rotatable bonds is 4. The zero-order valence-corrected chi connectivity index (χ0v) is 13.7. The Hall–Kier alpha value is -2.51. The van der Waals surface area contributed by atoms with Crippen LogP contribution in [0.4, 0.5) is 0 Å². The highest BCUT2D eigenvalue weighted by atomic mass is 16.5. The molecular formula is C17H20N6O. The molecule has 3 heterocycles. The summed E-state index contributed by atoms with van der Waals surface area (Å²) in [5.41, 5.74) is 2.00. The van der Waals surface area contributed by atoms with E-state index in [4.69, 9.17) is 4.52 Å². The third kappa shape index (κ3) is 3.22. The van der Waals surface area contributed by atoms with Crippen molar-refractivity contribution >= 4 is 0 Å². The van der Waals surface area contributed by atoms with Crippen molar-refractivity contribution < 1.29 is 4.52 Å². The first-order valence-corrected chi connectivity index (χ1v) is 8.10. The molecule has 2 aromatic heterocycles. The smallest absolute Gasteiger partial charge is 0.241 e. The fourth-order valence-corrected chi connectivity index (χ4v) is 2.83. The molecule has 0 bridgehead atoms. The maximum Gasteiger partial charge on any atom is 0.241 e. The summed E-state index contributed by atoms with van der Waals surface area (Å²) in [5.74, 6) is 1.31. The molecule has 0 N–H and O–H groups in total. The van der Waals surface area contributed by atoms with Gasteiger partial charge in [0.05, 0.1) is 12.9 Å². The number of aromatic nitrogens is 4. The van der Waals surface area contributed by atoms with Crippen LogP contribution in [0.2, 0.25) is 0 Å². The summed E-state index contributed by atoms with van der Waals surface area (Å²) in [7, 11) is 2.15. The Morgan fingerprint density at radius 1 is 1.08 bits per heavy atom. The van der Waals surface area contributed by atoms with Crippen LogP contribution < -0.4 is 0 Å². The van der Waals surface area contributed by atoms with Crippen LogP contribution in [-0.4, -0.2) is 62.7 Å². The van der Waals surface area contributed by atoms with Gasteiger partial charge in [0.15, 0.2) is 0 Å². The average molecular weight is 324 g/mol. The Bertz CT molecular complexity index is 772. The number of hydrogen-bond acceptors (Lipinski definition) is 6. The second kappa shape index (κ2) is 6.54. The molecule has 3 aromatic rings. The zero-order valence-electron chi connectivity index (χ0n) is 13.7. The highest BCUT2D eigenvalue weighted by molar-refractivity contribution is 5.56. The van der Waals surface area contributed by atoms with E-state index in [0.717, 1.165) is 37.4 Å². The molecule has 0 unspecified atom stereocenters. The molecule has 1 fully saturated rings. The Labute approximate surface area is 140 Å². The van der Waals surface area contributed by atoms with Gasteiger partial charge in [0.25, 0.3) is 0 Å². The normalized spacial score (nSPS) is 16.5. The minimum absolute atomic E-state index is 0.635. The maximum absolute atomic E-state index is 5.42. The van der Waals surface area contributed by atoms with E-state index >= 15 is 0 Å². The van der Waals surface area contributed by atoms with Crippen LogP contribution in [0.25, 0.3) is 17.1 Å². The second-order valence-electron chi connectivity index (χ2n) is 6.11. The molecular weight excluding hydrogens is 304 g/mol. The molecule has 1 saturated heterocycles. The Morgan fingerprint density at radius 3 is 2.58 bits per heavy atom. The molecule has 1 aromatic carbocycles. The minimum atomic E-state index is 0.635. The van der Waals surface area contributed by atoms with Gasteiger partial charge < -0.3 is 14.0 Å².